The number of hydrogen-bond acceptors (Lipinski definition) is 15. The molecule has 260 valence electrons. The molecule has 0 saturated carbocycles. The SMILES string of the molecule is CO[C@@H]1[C@@H](O)[C@@H](OC)C(N=C2CC(=O)c3c(cc4c(c3O)C(=O)C3(OC)C(O)Cc5cc(C)c(C(=O)O)c(O)c5C3(O)C4=O)C2=O)O[C@H]1C. The van der Waals surface area contributed by atoms with E-state index in [1.807, 2.05) is 0 Å². The van der Waals surface area contributed by atoms with Crippen molar-refractivity contribution in [1.82, 2.24) is 0 Å². The largest absolute Gasteiger partial charge is 0.507 e. The standard InChI is InChI=1S/C33H33NO15/c1-10-6-12-7-17(36)33(48-5)29(42)20-14(28(41)32(33,45)21(12)24(39)18(10)31(43)44)8-13-19(23(20)38)16(35)9-15(22(13)37)34-30-27(47-4)25(40)26(46-3)11(2)49-30/h6,8,11,17,25-27,30,36,38-40,45H,7,9H2,1-5H3,(H,43,44)/t11-,17?,25+,26-,27+,30?,32?,33?/m0/s1. The lowest BCUT2D eigenvalue weighted by atomic mass is 9.56. The van der Waals surface area contributed by atoms with Gasteiger partial charge in [0.05, 0.1) is 35.5 Å². The lowest BCUT2D eigenvalue weighted by molar-refractivity contribution is -0.228. The lowest BCUT2D eigenvalue weighted by Crippen LogP contribution is -2.73. The van der Waals surface area contributed by atoms with Gasteiger partial charge in [-0.05, 0) is 31.0 Å². The number of fused-ring (bicyclic) bond motifs is 5. The predicted molar refractivity (Wildman–Crippen MR) is 163 cm³/mol. The van der Waals surface area contributed by atoms with E-state index in [0.717, 1.165) is 13.2 Å². The molecule has 6 rings (SSSR count). The maximum atomic E-state index is 14.5. The molecule has 1 heterocycles. The van der Waals surface area contributed by atoms with Gasteiger partial charge < -0.3 is 49.6 Å². The van der Waals surface area contributed by atoms with Crippen LogP contribution < -0.4 is 0 Å². The number of nitrogens with zero attached hydrogens (tertiary/aromatic N) is 1. The highest BCUT2D eigenvalue weighted by Gasteiger charge is 2.72. The molecule has 2 aromatic carbocycles. The quantitative estimate of drug-likeness (QED) is 0.243. The molecule has 0 aromatic heterocycles. The van der Waals surface area contributed by atoms with Gasteiger partial charge in [0.25, 0.3) is 0 Å². The van der Waals surface area contributed by atoms with Crippen LogP contribution in [0.1, 0.15) is 81.8 Å². The first-order valence-corrected chi connectivity index (χ1v) is 15.1. The zero-order valence-corrected chi connectivity index (χ0v) is 26.8. The molecule has 8 atom stereocenters. The summed E-state index contributed by atoms with van der Waals surface area (Å²) >= 11 is 0. The summed E-state index contributed by atoms with van der Waals surface area (Å²) in [5.74, 6) is -8.43. The van der Waals surface area contributed by atoms with Crippen LogP contribution in [0.5, 0.6) is 11.5 Å². The molecule has 49 heavy (non-hydrogen) atoms. The smallest absolute Gasteiger partial charge is 0.339 e. The van der Waals surface area contributed by atoms with Crippen molar-refractivity contribution in [1.29, 1.82) is 0 Å². The van der Waals surface area contributed by atoms with E-state index in [4.69, 9.17) is 18.9 Å². The molecule has 0 spiro atoms. The summed E-state index contributed by atoms with van der Waals surface area (Å²) in [7, 11) is 3.52. The van der Waals surface area contributed by atoms with Crippen molar-refractivity contribution in [3.05, 3.63) is 56.6 Å². The number of ketones is 4. The Morgan fingerprint density at radius 3 is 2.20 bits per heavy atom. The van der Waals surface area contributed by atoms with Gasteiger partial charge in [-0.25, -0.2) is 4.79 Å². The van der Waals surface area contributed by atoms with Crippen molar-refractivity contribution >= 4 is 34.8 Å². The minimum absolute atomic E-state index is 0.0272. The number of aromatic hydroxyl groups is 2. The number of aryl methyl sites for hydroxylation is 1. The van der Waals surface area contributed by atoms with Gasteiger partial charge in [-0.3, -0.25) is 24.2 Å². The number of carbonyl (C=O) groups excluding carboxylic acids is 4. The Balaban J connectivity index is 1.55. The topological polar surface area (TPSA) is 256 Å². The maximum Gasteiger partial charge on any atom is 0.339 e. The van der Waals surface area contributed by atoms with Crippen molar-refractivity contribution in [2.24, 2.45) is 4.99 Å². The first-order chi connectivity index (χ1) is 23.0. The summed E-state index contributed by atoms with van der Waals surface area (Å²) in [6, 6.07) is 2.05. The number of hydrogen-bond donors (Lipinski definition) is 6. The fourth-order valence-corrected chi connectivity index (χ4v) is 7.81. The second kappa shape index (κ2) is 11.6. The zero-order chi connectivity index (χ0) is 36.1. The highest BCUT2D eigenvalue weighted by molar-refractivity contribution is 6.53. The fraction of sp³-hybridized carbons (Fsp3) is 0.455. The minimum Gasteiger partial charge on any atom is -0.507 e. The van der Waals surface area contributed by atoms with Crippen LogP contribution in [0.25, 0.3) is 0 Å². The number of methoxy groups -OCH3 is 3. The van der Waals surface area contributed by atoms with Gasteiger partial charge in [-0.15, -0.1) is 0 Å². The number of Topliss-reactive ketones (excluding diaryl/α,β-unsaturated/α-hetero) is 4. The van der Waals surface area contributed by atoms with E-state index in [2.05, 4.69) is 4.99 Å². The van der Waals surface area contributed by atoms with Gasteiger partial charge in [-0.1, -0.05) is 6.07 Å². The maximum absolute atomic E-state index is 14.5. The van der Waals surface area contributed by atoms with Crippen LogP contribution in [0.3, 0.4) is 0 Å². The minimum atomic E-state index is -3.29. The highest BCUT2D eigenvalue weighted by atomic mass is 16.6. The highest BCUT2D eigenvalue weighted by Crippen LogP contribution is 2.56. The van der Waals surface area contributed by atoms with Crippen LogP contribution >= 0.6 is 0 Å². The van der Waals surface area contributed by atoms with Crippen LogP contribution in [0.4, 0.5) is 0 Å². The number of benzene rings is 2. The number of carboxylic acids is 1. The number of aliphatic hydroxyl groups excluding tert-OH is 2. The van der Waals surface area contributed by atoms with Crippen LogP contribution in [0.15, 0.2) is 17.1 Å². The molecule has 3 aliphatic carbocycles. The summed E-state index contributed by atoms with van der Waals surface area (Å²) in [5, 5.41) is 66.9. The number of aromatic carboxylic acids is 1. The first kappa shape index (κ1) is 34.4. The van der Waals surface area contributed by atoms with Crippen LogP contribution in [0.2, 0.25) is 0 Å². The van der Waals surface area contributed by atoms with E-state index >= 15 is 0 Å². The van der Waals surface area contributed by atoms with Gasteiger partial charge in [-0.2, -0.15) is 0 Å². The fourth-order valence-electron chi connectivity index (χ4n) is 7.81. The molecule has 16 heteroatoms. The van der Waals surface area contributed by atoms with Crippen molar-refractivity contribution < 1.29 is 73.6 Å². The van der Waals surface area contributed by atoms with Gasteiger partial charge in [0.15, 0.2) is 23.2 Å². The molecular formula is C33H33NO15. The third-order valence-electron chi connectivity index (χ3n) is 10.0. The van der Waals surface area contributed by atoms with Crippen molar-refractivity contribution in [3.63, 3.8) is 0 Å². The molecule has 4 aliphatic rings. The zero-order valence-electron chi connectivity index (χ0n) is 26.8. The molecule has 0 amide bonds. The molecule has 6 N–H and O–H groups in total. The summed E-state index contributed by atoms with van der Waals surface area (Å²) < 4.78 is 21.9. The monoisotopic (exact) mass is 683 g/mol. The third kappa shape index (κ3) is 4.35. The van der Waals surface area contributed by atoms with E-state index in [9.17, 15) is 54.6 Å². The molecule has 2 aromatic rings. The molecule has 1 fully saturated rings. The number of carboxylic acid groups (broad SMARTS) is 1. The van der Waals surface area contributed by atoms with Gasteiger partial charge in [0.2, 0.25) is 17.3 Å². The number of phenols is 2. The molecule has 0 bridgehead atoms. The number of rotatable bonds is 5. The molecule has 1 aliphatic heterocycles. The molecule has 1 saturated heterocycles. The normalized spacial score (nSPS) is 33.2. The molecule has 4 unspecified atom stereocenters. The number of ether oxygens (including phenoxy) is 4. The number of aliphatic imine (C=N–C) groups is 1. The van der Waals surface area contributed by atoms with Gasteiger partial charge in [0.1, 0.15) is 35.4 Å². The lowest BCUT2D eigenvalue weighted by Gasteiger charge is -2.52. The Morgan fingerprint density at radius 2 is 1.61 bits per heavy atom. The summed E-state index contributed by atoms with van der Waals surface area (Å²) in [6.45, 7) is 2.94. The Kier molecular flexibility index (Phi) is 8.14. The Labute approximate surface area is 277 Å². The molecule has 0 radical (unpaired) electrons. The summed E-state index contributed by atoms with van der Waals surface area (Å²) in [6.07, 6.45) is -8.36. The number of carbonyl (C=O) groups is 5. The van der Waals surface area contributed by atoms with Gasteiger partial charge in [0, 0.05) is 44.4 Å². The van der Waals surface area contributed by atoms with Crippen LogP contribution in [-0.2, 0) is 31.0 Å². The van der Waals surface area contributed by atoms with E-state index < -0.39 is 140 Å². The Morgan fingerprint density at radius 1 is 0.959 bits per heavy atom. The van der Waals surface area contributed by atoms with Crippen LogP contribution in [0, 0.1) is 6.92 Å². The van der Waals surface area contributed by atoms with Gasteiger partial charge >= 0.3 is 5.97 Å². The molecular weight excluding hydrogens is 650 g/mol. The predicted octanol–water partition coefficient (Wildman–Crippen LogP) is 0.0192. The second-order valence-corrected chi connectivity index (χ2v) is 12.5. The summed E-state index contributed by atoms with van der Waals surface area (Å²) in [5.41, 5.74) is -10.8. The van der Waals surface area contributed by atoms with Crippen molar-refractivity contribution in [3.8, 4) is 11.5 Å². The number of aliphatic hydroxyl groups is 3. The first-order valence-electron chi connectivity index (χ1n) is 15.1. The van der Waals surface area contributed by atoms with E-state index in [1.54, 1.807) is 6.92 Å². The average molecular weight is 684 g/mol. The molecule has 16 nitrogen and oxygen atoms in total. The average Bonchev–Trinajstić information content (AvgIpc) is 3.02. The number of phenolic OH excluding ortho intramolecular Hbond substituents is 1. The van der Waals surface area contributed by atoms with E-state index in [1.165, 1.54) is 27.2 Å². The van der Waals surface area contributed by atoms with E-state index in [0.29, 0.717) is 0 Å². The van der Waals surface area contributed by atoms with Crippen molar-refractivity contribution in [2.75, 3.05) is 21.3 Å². The van der Waals surface area contributed by atoms with Crippen molar-refractivity contribution in [2.45, 2.75) is 74.6 Å². The summed E-state index contributed by atoms with van der Waals surface area (Å²) in [4.78, 5) is 72.6. The van der Waals surface area contributed by atoms with E-state index in [-0.39, 0.29) is 11.1 Å². The second-order valence-electron chi connectivity index (χ2n) is 12.5. The van der Waals surface area contributed by atoms with Crippen LogP contribution in [-0.4, -0.2) is 129 Å². The third-order valence-corrected chi connectivity index (χ3v) is 10.0. The Hall–Kier alpha value is -4.42. The Bertz CT molecular complexity index is 1900.